The maximum Gasteiger partial charge on any atom is 0.228 e. The predicted molar refractivity (Wildman–Crippen MR) is 199 cm³/mol. The van der Waals surface area contributed by atoms with Crippen molar-refractivity contribution in [2.45, 2.75) is 50.9 Å². The molecule has 8 rings (SSSR count). The Morgan fingerprint density at radius 3 is 1.40 bits per heavy atom. The SMILES string of the molecule is COc1cc2c(cc1OC)[C@@H]1Cc3ccc(OC)c(OC)c3CN1CC2.[C-]#[N+]c1cc2c(cc1OC)CCN1Cc3c(ccc(OC)c3OC)C[C@@H]21. The number of fused-ring (bicyclic) bond motifs is 8. The van der Waals surface area contributed by atoms with Crippen molar-refractivity contribution >= 4 is 5.69 Å². The molecule has 0 saturated heterocycles. The van der Waals surface area contributed by atoms with Crippen LogP contribution in [0.5, 0.6) is 40.2 Å². The second-order valence-corrected chi connectivity index (χ2v) is 13.5. The standard InChI is InChI=1S/C21H22N2O3.C21H25NO4/c1-22-17-11-15-14(10-20(17)25-3)7-8-23-12-16-13(9-18(15)23)5-6-19(24-2)21(16)26-4;1-23-18-6-5-13-9-17-15-11-20(25-3)19(24-2)10-14(15)7-8-22(17)12-16(13)21(18)26-4/h5-6,10-11,18H,7-9,12H2,2-4H3;5-6,10-11,17H,7-9,12H2,1-4H3/t18-;17-/m00/s1. The van der Waals surface area contributed by atoms with Crippen LogP contribution < -0.4 is 33.2 Å². The Balaban J connectivity index is 0.000000162. The Labute approximate surface area is 306 Å². The van der Waals surface area contributed by atoms with Gasteiger partial charge in [-0.05, 0) is 95.5 Å². The van der Waals surface area contributed by atoms with Gasteiger partial charge < -0.3 is 33.2 Å². The van der Waals surface area contributed by atoms with Crippen LogP contribution in [0.3, 0.4) is 0 Å². The van der Waals surface area contributed by atoms with Gasteiger partial charge in [-0.25, -0.2) is 4.85 Å². The molecule has 4 heterocycles. The molecule has 272 valence electrons. The smallest absolute Gasteiger partial charge is 0.228 e. The molecule has 0 fully saturated rings. The van der Waals surface area contributed by atoms with Gasteiger partial charge in [0, 0.05) is 49.4 Å². The molecule has 0 radical (unpaired) electrons. The number of rotatable bonds is 7. The first-order valence-corrected chi connectivity index (χ1v) is 17.7. The molecule has 0 unspecified atom stereocenters. The summed E-state index contributed by atoms with van der Waals surface area (Å²) in [6, 6.07) is 17.3. The van der Waals surface area contributed by atoms with E-state index in [2.05, 4.69) is 38.9 Å². The van der Waals surface area contributed by atoms with Gasteiger partial charge in [0.2, 0.25) is 5.69 Å². The highest BCUT2D eigenvalue weighted by molar-refractivity contribution is 5.63. The highest BCUT2D eigenvalue weighted by Crippen LogP contribution is 2.47. The summed E-state index contributed by atoms with van der Waals surface area (Å²) in [6.07, 6.45) is 3.83. The first-order chi connectivity index (χ1) is 25.4. The van der Waals surface area contributed by atoms with Crippen molar-refractivity contribution in [3.63, 3.8) is 0 Å². The molecule has 0 N–H and O–H groups in total. The van der Waals surface area contributed by atoms with Gasteiger partial charge >= 0.3 is 0 Å². The second-order valence-electron chi connectivity index (χ2n) is 13.5. The molecule has 0 amide bonds. The Morgan fingerprint density at radius 2 is 0.962 bits per heavy atom. The Morgan fingerprint density at radius 1 is 0.519 bits per heavy atom. The highest BCUT2D eigenvalue weighted by atomic mass is 16.5. The highest BCUT2D eigenvalue weighted by Gasteiger charge is 2.36. The third kappa shape index (κ3) is 6.12. The lowest BCUT2D eigenvalue weighted by molar-refractivity contribution is 0.157. The molecule has 0 spiro atoms. The number of hydrogen-bond acceptors (Lipinski definition) is 9. The molecule has 52 heavy (non-hydrogen) atoms. The van der Waals surface area contributed by atoms with E-state index in [0.717, 1.165) is 86.4 Å². The maximum absolute atomic E-state index is 7.45. The minimum atomic E-state index is 0.288. The summed E-state index contributed by atoms with van der Waals surface area (Å²) in [6.45, 7) is 11.2. The van der Waals surface area contributed by atoms with E-state index in [4.69, 9.17) is 39.7 Å². The summed E-state index contributed by atoms with van der Waals surface area (Å²) in [7, 11) is 11.8. The van der Waals surface area contributed by atoms with Crippen LogP contribution in [0.2, 0.25) is 0 Å². The van der Waals surface area contributed by atoms with E-state index in [-0.39, 0.29) is 6.04 Å². The third-order valence-corrected chi connectivity index (χ3v) is 11.2. The summed E-state index contributed by atoms with van der Waals surface area (Å²) >= 11 is 0. The lowest BCUT2D eigenvalue weighted by Gasteiger charge is -2.42. The second kappa shape index (κ2) is 14.9. The molecule has 10 heteroatoms. The van der Waals surface area contributed by atoms with E-state index in [0.29, 0.717) is 17.5 Å². The van der Waals surface area contributed by atoms with Crippen LogP contribution in [0.1, 0.15) is 56.6 Å². The van der Waals surface area contributed by atoms with Gasteiger partial charge in [0.1, 0.15) is 5.75 Å². The van der Waals surface area contributed by atoms with Crippen LogP contribution in [0.4, 0.5) is 5.69 Å². The van der Waals surface area contributed by atoms with Crippen molar-refractivity contribution in [1.29, 1.82) is 0 Å². The molecular formula is C42H47N3O7. The Bertz CT molecular complexity index is 2020. The fraction of sp³-hybridized carbons (Fsp3) is 0.405. The zero-order valence-electron chi connectivity index (χ0n) is 31.1. The number of nitrogens with zero attached hydrogens (tertiary/aromatic N) is 3. The quantitative estimate of drug-likeness (QED) is 0.184. The summed E-state index contributed by atoms with van der Waals surface area (Å²) in [5.74, 6) is 5.56. The van der Waals surface area contributed by atoms with Crippen molar-refractivity contribution < 1.29 is 33.2 Å². The molecule has 10 nitrogen and oxygen atoms in total. The first kappa shape index (κ1) is 35.3. The number of ether oxygens (including phenoxy) is 7. The van der Waals surface area contributed by atoms with Crippen molar-refractivity contribution in [2.75, 3.05) is 62.9 Å². The fourth-order valence-electron chi connectivity index (χ4n) is 8.57. The van der Waals surface area contributed by atoms with Crippen molar-refractivity contribution in [2.24, 2.45) is 0 Å². The van der Waals surface area contributed by atoms with E-state index in [9.17, 15) is 0 Å². The zero-order valence-corrected chi connectivity index (χ0v) is 31.1. The van der Waals surface area contributed by atoms with Gasteiger partial charge in [0.05, 0.1) is 56.3 Å². The van der Waals surface area contributed by atoms with Crippen LogP contribution in [0, 0.1) is 6.57 Å². The van der Waals surface area contributed by atoms with Gasteiger partial charge in [0.25, 0.3) is 0 Å². The molecule has 0 saturated carbocycles. The lowest BCUT2D eigenvalue weighted by Crippen LogP contribution is -2.39. The van der Waals surface area contributed by atoms with Gasteiger partial charge in [-0.3, -0.25) is 9.80 Å². The van der Waals surface area contributed by atoms with E-state index >= 15 is 0 Å². The largest absolute Gasteiger partial charge is 0.508 e. The van der Waals surface area contributed by atoms with Gasteiger partial charge in [-0.2, -0.15) is 0 Å². The Hall–Kier alpha value is -5.11. The van der Waals surface area contributed by atoms with E-state index in [1.807, 2.05) is 24.3 Å². The normalized spacial score (nSPS) is 18.3. The molecule has 4 aliphatic rings. The molecule has 0 bridgehead atoms. The summed E-state index contributed by atoms with van der Waals surface area (Å²) < 4.78 is 38.7. The van der Waals surface area contributed by atoms with Crippen molar-refractivity contribution in [3.05, 3.63) is 104 Å². The topological polar surface area (TPSA) is 75.5 Å². The first-order valence-electron chi connectivity index (χ1n) is 17.7. The van der Waals surface area contributed by atoms with E-state index in [1.165, 1.54) is 44.5 Å². The molecular weight excluding hydrogens is 658 g/mol. The van der Waals surface area contributed by atoms with Gasteiger partial charge in [0.15, 0.2) is 34.5 Å². The molecule has 0 aliphatic carbocycles. The predicted octanol–water partition coefficient (Wildman–Crippen LogP) is 7.30. The van der Waals surface area contributed by atoms with Gasteiger partial charge in [-0.1, -0.05) is 12.1 Å². The van der Waals surface area contributed by atoms with Gasteiger partial charge in [-0.15, -0.1) is 0 Å². The van der Waals surface area contributed by atoms with Crippen LogP contribution in [0.25, 0.3) is 4.85 Å². The number of methoxy groups -OCH3 is 7. The summed E-state index contributed by atoms with van der Waals surface area (Å²) in [5, 5.41) is 0. The molecule has 4 aromatic carbocycles. The molecule has 4 aromatic rings. The van der Waals surface area contributed by atoms with Crippen molar-refractivity contribution in [3.8, 4) is 40.2 Å². The van der Waals surface area contributed by atoms with Crippen LogP contribution in [-0.2, 0) is 38.8 Å². The number of benzene rings is 4. The van der Waals surface area contributed by atoms with Crippen LogP contribution in [-0.4, -0.2) is 72.7 Å². The molecule has 2 atom stereocenters. The lowest BCUT2D eigenvalue weighted by atomic mass is 9.83. The van der Waals surface area contributed by atoms with Crippen molar-refractivity contribution in [1.82, 2.24) is 9.80 Å². The monoisotopic (exact) mass is 705 g/mol. The molecule has 0 aromatic heterocycles. The van der Waals surface area contributed by atoms with Crippen LogP contribution in [0.15, 0.2) is 48.5 Å². The zero-order chi connectivity index (χ0) is 36.5. The minimum absolute atomic E-state index is 0.288. The maximum atomic E-state index is 7.45. The fourth-order valence-corrected chi connectivity index (χ4v) is 8.57. The van der Waals surface area contributed by atoms with E-state index < -0.39 is 0 Å². The Kier molecular flexibility index (Phi) is 10.1. The summed E-state index contributed by atoms with van der Waals surface area (Å²) in [5.41, 5.74) is 10.9. The minimum Gasteiger partial charge on any atom is -0.508 e. The summed E-state index contributed by atoms with van der Waals surface area (Å²) in [4.78, 5) is 8.66. The third-order valence-electron chi connectivity index (χ3n) is 11.2. The average Bonchev–Trinajstić information content (AvgIpc) is 3.20. The molecule has 4 aliphatic heterocycles. The van der Waals surface area contributed by atoms with E-state index in [1.54, 1.807) is 49.8 Å². The number of hydrogen-bond donors (Lipinski definition) is 0. The average molecular weight is 706 g/mol. The van der Waals surface area contributed by atoms with Crippen LogP contribution >= 0.6 is 0 Å².